The molecule has 1 aliphatic rings. The molecule has 1 fully saturated rings. The van der Waals surface area contributed by atoms with Crippen LogP contribution in [0.3, 0.4) is 0 Å². The molecule has 1 aliphatic heterocycles. The zero-order valence-electron chi connectivity index (χ0n) is 17.4. The Labute approximate surface area is 184 Å². The van der Waals surface area contributed by atoms with E-state index in [1.54, 1.807) is 6.07 Å². The summed E-state index contributed by atoms with van der Waals surface area (Å²) in [5.74, 6) is -0.981. The summed E-state index contributed by atoms with van der Waals surface area (Å²) in [4.78, 5) is 16.1. The number of rotatable bonds is 7. The fourth-order valence-corrected chi connectivity index (χ4v) is 3.79. The number of carbonyl (C=O) groups is 1. The van der Waals surface area contributed by atoms with Crippen LogP contribution in [0.1, 0.15) is 40.2 Å². The number of hydrogen-bond donors (Lipinski definition) is 3. The lowest BCUT2D eigenvalue weighted by Crippen LogP contribution is -2.15. The monoisotopic (exact) mass is 438 g/mol. The molecule has 4 N–H and O–H groups in total. The SMILES string of the molecule is NC(=O)c1cnc(Nc2ccc(C3CCOCC3)cc2)cc1NCc1cc(F)cc(F)c1. The van der Waals surface area contributed by atoms with E-state index in [2.05, 4.69) is 27.8 Å². The van der Waals surface area contributed by atoms with Gasteiger partial charge < -0.3 is 21.1 Å². The van der Waals surface area contributed by atoms with Crippen LogP contribution in [0, 0.1) is 11.6 Å². The van der Waals surface area contributed by atoms with Crippen LogP contribution in [0.2, 0.25) is 0 Å². The predicted molar refractivity (Wildman–Crippen MR) is 119 cm³/mol. The van der Waals surface area contributed by atoms with Crippen LogP contribution in [0.25, 0.3) is 0 Å². The van der Waals surface area contributed by atoms with Crippen LogP contribution in [0.15, 0.2) is 54.7 Å². The molecule has 0 unspecified atom stereocenters. The second-order valence-electron chi connectivity index (χ2n) is 7.74. The van der Waals surface area contributed by atoms with Crippen LogP contribution >= 0.6 is 0 Å². The van der Waals surface area contributed by atoms with E-state index < -0.39 is 17.5 Å². The zero-order chi connectivity index (χ0) is 22.5. The number of nitrogens with zero attached hydrogens (tertiary/aromatic N) is 1. The first kappa shape index (κ1) is 21.7. The molecule has 0 spiro atoms. The van der Waals surface area contributed by atoms with Crippen molar-refractivity contribution in [2.45, 2.75) is 25.3 Å². The maximum absolute atomic E-state index is 13.4. The molecule has 3 aromatic rings. The van der Waals surface area contributed by atoms with Gasteiger partial charge in [0.2, 0.25) is 0 Å². The Bertz CT molecular complexity index is 1080. The Morgan fingerprint density at radius 3 is 2.41 bits per heavy atom. The van der Waals surface area contributed by atoms with Crippen LogP contribution in [-0.4, -0.2) is 24.1 Å². The molecule has 0 aliphatic carbocycles. The van der Waals surface area contributed by atoms with E-state index in [9.17, 15) is 13.6 Å². The molecule has 0 bridgehead atoms. The van der Waals surface area contributed by atoms with Crippen LogP contribution in [-0.2, 0) is 11.3 Å². The highest BCUT2D eigenvalue weighted by Crippen LogP contribution is 2.29. The number of aromatic nitrogens is 1. The van der Waals surface area contributed by atoms with Crippen molar-refractivity contribution in [2.24, 2.45) is 5.73 Å². The number of pyridine rings is 1. The van der Waals surface area contributed by atoms with Gasteiger partial charge in [-0.3, -0.25) is 4.79 Å². The molecule has 1 amide bonds. The normalized spacial score (nSPS) is 14.2. The smallest absolute Gasteiger partial charge is 0.252 e. The van der Waals surface area contributed by atoms with E-state index in [4.69, 9.17) is 10.5 Å². The topological polar surface area (TPSA) is 89.3 Å². The Morgan fingerprint density at radius 2 is 1.75 bits per heavy atom. The minimum absolute atomic E-state index is 0.109. The first-order valence-electron chi connectivity index (χ1n) is 10.4. The number of ether oxygens (including phenoxy) is 1. The number of nitrogens with one attached hydrogen (secondary N) is 2. The molecule has 2 heterocycles. The third kappa shape index (κ3) is 5.39. The highest BCUT2D eigenvalue weighted by atomic mass is 19.1. The van der Waals surface area contributed by atoms with E-state index in [1.807, 2.05) is 12.1 Å². The zero-order valence-corrected chi connectivity index (χ0v) is 17.4. The second kappa shape index (κ2) is 9.74. The minimum atomic E-state index is -0.668. The Kier molecular flexibility index (Phi) is 6.61. The van der Waals surface area contributed by atoms with Gasteiger partial charge in [0.1, 0.15) is 17.5 Å². The van der Waals surface area contributed by atoms with Crippen molar-refractivity contribution in [3.8, 4) is 0 Å². The lowest BCUT2D eigenvalue weighted by Gasteiger charge is -2.22. The van der Waals surface area contributed by atoms with E-state index in [-0.39, 0.29) is 12.1 Å². The fourth-order valence-electron chi connectivity index (χ4n) is 3.79. The average Bonchev–Trinajstić information content (AvgIpc) is 2.78. The summed E-state index contributed by atoms with van der Waals surface area (Å²) in [5.41, 5.74) is 8.57. The summed E-state index contributed by atoms with van der Waals surface area (Å²) in [6, 6.07) is 13.0. The van der Waals surface area contributed by atoms with Crippen molar-refractivity contribution in [3.63, 3.8) is 0 Å². The van der Waals surface area contributed by atoms with Crippen molar-refractivity contribution in [2.75, 3.05) is 23.8 Å². The number of benzene rings is 2. The Hall–Kier alpha value is -3.52. The molecule has 0 atom stereocenters. The van der Waals surface area contributed by atoms with E-state index in [0.717, 1.165) is 37.8 Å². The second-order valence-corrected chi connectivity index (χ2v) is 7.74. The molecule has 0 radical (unpaired) electrons. The molecule has 166 valence electrons. The maximum atomic E-state index is 13.4. The number of halogens is 2. The number of primary amides is 1. The van der Waals surface area contributed by atoms with Gasteiger partial charge in [0.15, 0.2) is 0 Å². The first-order chi connectivity index (χ1) is 15.5. The minimum Gasteiger partial charge on any atom is -0.381 e. The summed E-state index contributed by atoms with van der Waals surface area (Å²) in [6.07, 6.45) is 3.41. The molecule has 6 nitrogen and oxygen atoms in total. The van der Waals surface area contributed by atoms with E-state index in [0.29, 0.717) is 23.0 Å². The molecule has 1 aromatic heterocycles. The van der Waals surface area contributed by atoms with Gasteiger partial charge in [-0.15, -0.1) is 0 Å². The quantitative estimate of drug-likeness (QED) is 0.497. The molecule has 8 heteroatoms. The van der Waals surface area contributed by atoms with E-state index in [1.165, 1.54) is 23.9 Å². The average molecular weight is 438 g/mol. The standard InChI is InChI=1S/C24H24F2N4O2/c25-18-9-15(10-19(26)11-18)13-28-22-12-23(29-14-21(22)24(27)31)30-20-3-1-16(2-4-20)17-5-7-32-8-6-17/h1-4,9-12,14,17H,5-8,13H2,(H2,27,31)(H2,28,29,30). The summed E-state index contributed by atoms with van der Waals surface area (Å²) in [6.45, 7) is 1.69. The summed E-state index contributed by atoms with van der Waals surface area (Å²) in [7, 11) is 0. The largest absolute Gasteiger partial charge is 0.381 e. The summed E-state index contributed by atoms with van der Waals surface area (Å²) < 4.78 is 32.3. The summed E-state index contributed by atoms with van der Waals surface area (Å²) >= 11 is 0. The Morgan fingerprint density at radius 1 is 1.06 bits per heavy atom. The number of amides is 1. The van der Waals surface area contributed by atoms with Crippen molar-refractivity contribution in [1.29, 1.82) is 0 Å². The molecule has 0 saturated carbocycles. The molecular weight excluding hydrogens is 414 g/mol. The fraction of sp³-hybridized carbons (Fsp3) is 0.250. The van der Waals surface area contributed by atoms with Crippen LogP contribution in [0.4, 0.5) is 26.0 Å². The van der Waals surface area contributed by atoms with Gasteiger partial charge in [-0.05, 0) is 54.2 Å². The van der Waals surface area contributed by atoms with Crippen molar-refractivity contribution < 1.29 is 18.3 Å². The lowest BCUT2D eigenvalue weighted by molar-refractivity contribution is 0.0853. The number of hydrogen-bond acceptors (Lipinski definition) is 5. The third-order valence-corrected chi connectivity index (χ3v) is 5.45. The van der Waals surface area contributed by atoms with Crippen molar-refractivity contribution in [1.82, 2.24) is 4.98 Å². The lowest BCUT2D eigenvalue weighted by atomic mass is 9.92. The third-order valence-electron chi connectivity index (χ3n) is 5.45. The number of carbonyl (C=O) groups excluding carboxylic acids is 1. The first-order valence-corrected chi connectivity index (χ1v) is 10.4. The van der Waals surface area contributed by atoms with Gasteiger partial charge in [-0.25, -0.2) is 13.8 Å². The van der Waals surface area contributed by atoms with Crippen LogP contribution in [0.5, 0.6) is 0 Å². The van der Waals surface area contributed by atoms with Crippen molar-refractivity contribution in [3.05, 3.63) is 83.1 Å². The van der Waals surface area contributed by atoms with Gasteiger partial charge >= 0.3 is 0 Å². The highest BCUT2D eigenvalue weighted by molar-refractivity contribution is 5.98. The van der Waals surface area contributed by atoms with Gasteiger partial charge in [-0.2, -0.15) is 0 Å². The molecule has 32 heavy (non-hydrogen) atoms. The van der Waals surface area contributed by atoms with Gasteiger partial charge in [-0.1, -0.05) is 12.1 Å². The Balaban J connectivity index is 1.48. The molecule has 1 saturated heterocycles. The van der Waals surface area contributed by atoms with Crippen LogP contribution < -0.4 is 16.4 Å². The molecule has 4 rings (SSSR count). The van der Waals surface area contributed by atoms with Gasteiger partial charge in [0, 0.05) is 43.8 Å². The van der Waals surface area contributed by atoms with Crippen molar-refractivity contribution >= 4 is 23.1 Å². The highest BCUT2D eigenvalue weighted by Gasteiger charge is 2.16. The molecular formula is C24H24F2N4O2. The van der Waals surface area contributed by atoms with Gasteiger partial charge in [0.05, 0.1) is 11.3 Å². The molecule has 2 aromatic carbocycles. The predicted octanol–water partition coefficient (Wildman–Crippen LogP) is 4.71. The van der Waals surface area contributed by atoms with Gasteiger partial charge in [0.25, 0.3) is 5.91 Å². The van der Waals surface area contributed by atoms with E-state index >= 15 is 0 Å². The summed E-state index contributed by atoms with van der Waals surface area (Å²) in [5, 5.41) is 6.23. The number of nitrogens with two attached hydrogens (primary N) is 1. The maximum Gasteiger partial charge on any atom is 0.252 e. The number of anilines is 3.